The summed E-state index contributed by atoms with van der Waals surface area (Å²) in [6.45, 7) is 0.115. The molecule has 0 heterocycles. The number of benzene rings is 2. The van der Waals surface area contributed by atoms with Crippen molar-refractivity contribution in [2.24, 2.45) is 5.92 Å². The van der Waals surface area contributed by atoms with Crippen molar-refractivity contribution in [3.8, 4) is 0 Å². The lowest BCUT2D eigenvalue weighted by Gasteiger charge is -2.16. The lowest BCUT2D eigenvalue weighted by molar-refractivity contribution is 0.225. The Kier molecular flexibility index (Phi) is 5.91. The number of hydrogen-bond donors (Lipinski definition) is 1. The van der Waals surface area contributed by atoms with Crippen LogP contribution < -0.4 is 0 Å². The molecular weight excluding hydrogens is 359 g/mol. The molecule has 1 N–H and O–H groups in total. The fourth-order valence-electron chi connectivity index (χ4n) is 2.19. The third kappa shape index (κ3) is 3.98. The lowest BCUT2D eigenvalue weighted by Crippen LogP contribution is -2.13. The van der Waals surface area contributed by atoms with Gasteiger partial charge in [-0.3, -0.25) is 0 Å². The van der Waals surface area contributed by atoms with Crippen molar-refractivity contribution in [2.75, 3.05) is 6.61 Å². The van der Waals surface area contributed by atoms with Crippen LogP contribution in [0.3, 0.4) is 0 Å². The summed E-state index contributed by atoms with van der Waals surface area (Å²) in [5, 5.41) is 10.7. The van der Waals surface area contributed by atoms with Crippen LogP contribution in [0.2, 0.25) is 10.0 Å². The standard InChI is InChI=1S/C16H15BrCl2O/c17-14-6-2-1-4-12(14)8-11(10-20)9-13-5-3-7-15(18)16(13)19/h1-7,11,20H,8-10H2. The largest absolute Gasteiger partial charge is 0.396 e. The van der Waals surface area contributed by atoms with Gasteiger partial charge in [0.2, 0.25) is 0 Å². The number of hydrogen-bond acceptors (Lipinski definition) is 1. The highest BCUT2D eigenvalue weighted by molar-refractivity contribution is 9.10. The van der Waals surface area contributed by atoms with Crippen molar-refractivity contribution < 1.29 is 5.11 Å². The minimum atomic E-state index is 0.115. The van der Waals surface area contributed by atoms with Gasteiger partial charge in [-0.1, -0.05) is 69.5 Å². The van der Waals surface area contributed by atoms with Gasteiger partial charge in [0.25, 0.3) is 0 Å². The van der Waals surface area contributed by atoms with Crippen LogP contribution in [0.15, 0.2) is 46.9 Å². The Hall–Kier alpha value is -0.540. The molecule has 1 atom stereocenters. The zero-order valence-corrected chi connectivity index (χ0v) is 13.9. The van der Waals surface area contributed by atoms with Crippen LogP contribution in [0.1, 0.15) is 11.1 Å². The molecule has 0 aromatic heterocycles. The topological polar surface area (TPSA) is 20.2 Å². The van der Waals surface area contributed by atoms with Crippen LogP contribution >= 0.6 is 39.1 Å². The highest BCUT2D eigenvalue weighted by atomic mass is 79.9. The molecule has 2 aromatic rings. The monoisotopic (exact) mass is 372 g/mol. The van der Waals surface area contributed by atoms with Crippen LogP contribution in [-0.4, -0.2) is 11.7 Å². The summed E-state index contributed by atoms with van der Waals surface area (Å²) >= 11 is 15.8. The Balaban J connectivity index is 2.14. The van der Waals surface area contributed by atoms with Crippen molar-refractivity contribution >= 4 is 39.1 Å². The minimum Gasteiger partial charge on any atom is -0.396 e. The predicted octanol–water partition coefficient (Wildman–Crippen LogP) is 5.15. The molecule has 0 aliphatic heterocycles. The van der Waals surface area contributed by atoms with Crippen molar-refractivity contribution in [3.05, 3.63) is 68.1 Å². The summed E-state index contributed by atoms with van der Waals surface area (Å²) in [5.74, 6) is 0.115. The summed E-state index contributed by atoms with van der Waals surface area (Å²) in [7, 11) is 0. The summed E-state index contributed by atoms with van der Waals surface area (Å²) < 4.78 is 1.07. The van der Waals surface area contributed by atoms with Crippen molar-refractivity contribution in [1.29, 1.82) is 0 Å². The number of aliphatic hydroxyl groups is 1. The van der Waals surface area contributed by atoms with Gasteiger partial charge in [0, 0.05) is 11.1 Å². The van der Waals surface area contributed by atoms with Gasteiger partial charge in [-0.05, 0) is 42.0 Å². The van der Waals surface area contributed by atoms with Gasteiger partial charge >= 0.3 is 0 Å². The minimum absolute atomic E-state index is 0.115. The molecule has 1 unspecified atom stereocenters. The molecule has 0 spiro atoms. The van der Waals surface area contributed by atoms with E-state index < -0.39 is 0 Å². The highest BCUT2D eigenvalue weighted by Crippen LogP contribution is 2.29. The highest BCUT2D eigenvalue weighted by Gasteiger charge is 2.14. The predicted molar refractivity (Wildman–Crippen MR) is 88.6 cm³/mol. The van der Waals surface area contributed by atoms with Crippen LogP contribution in [0.5, 0.6) is 0 Å². The second-order valence-electron chi connectivity index (χ2n) is 4.76. The number of rotatable bonds is 5. The molecule has 0 fully saturated rings. The first kappa shape index (κ1) is 15.8. The molecule has 2 rings (SSSR count). The van der Waals surface area contributed by atoms with Gasteiger partial charge in [0.1, 0.15) is 0 Å². The average Bonchev–Trinajstić information content (AvgIpc) is 2.45. The molecule has 0 aliphatic rings. The first-order valence-corrected chi connectivity index (χ1v) is 7.94. The summed E-state index contributed by atoms with van der Waals surface area (Å²) in [4.78, 5) is 0. The fraction of sp³-hybridized carbons (Fsp3) is 0.250. The zero-order chi connectivity index (χ0) is 14.5. The van der Waals surface area contributed by atoms with E-state index in [0.29, 0.717) is 16.5 Å². The van der Waals surface area contributed by atoms with E-state index in [9.17, 15) is 5.11 Å². The summed E-state index contributed by atoms with van der Waals surface area (Å²) in [5.41, 5.74) is 2.16. The molecule has 106 valence electrons. The van der Waals surface area contributed by atoms with E-state index in [0.717, 1.165) is 16.5 Å². The molecule has 4 heteroatoms. The van der Waals surface area contributed by atoms with E-state index >= 15 is 0 Å². The molecule has 2 aromatic carbocycles. The van der Waals surface area contributed by atoms with Crippen molar-refractivity contribution in [1.82, 2.24) is 0 Å². The Morgan fingerprint density at radius 3 is 2.30 bits per heavy atom. The van der Waals surface area contributed by atoms with E-state index in [1.807, 2.05) is 30.3 Å². The van der Waals surface area contributed by atoms with E-state index in [1.54, 1.807) is 6.07 Å². The van der Waals surface area contributed by atoms with Gasteiger partial charge in [0.05, 0.1) is 10.0 Å². The first-order valence-electron chi connectivity index (χ1n) is 6.39. The lowest BCUT2D eigenvalue weighted by atomic mass is 9.93. The van der Waals surface area contributed by atoms with E-state index in [2.05, 4.69) is 22.0 Å². The number of aliphatic hydroxyl groups excluding tert-OH is 1. The SMILES string of the molecule is OCC(Cc1ccccc1Br)Cc1cccc(Cl)c1Cl. The van der Waals surface area contributed by atoms with Crippen LogP contribution in [-0.2, 0) is 12.8 Å². The summed E-state index contributed by atoms with van der Waals surface area (Å²) in [6, 6.07) is 13.7. The van der Waals surface area contributed by atoms with Gasteiger partial charge in [0.15, 0.2) is 0 Å². The third-order valence-corrected chi connectivity index (χ3v) is 4.90. The first-order chi connectivity index (χ1) is 9.61. The van der Waals surface area contributed by atoms with Gasteiger partial charge in [-0.15, -0.1) is 0 Å². The molecule has 1 nitrogen and oxygen atoms in total. The third-order valence-electron chi connectivity index (χ3n) is 3.26. The van der Waals surface area contributed by atoms with E-state index in [4.69, 9.17) is 23.2 Å². The van der Waals surface area contributed by atoms with Gasteiger partial charge < -0.3 is 5.11 Å². The Morgan fingerprint density at radius 1 is 0.950 bits per heavy atom. The maximum atomic E-state index is 9.61. The van der Waals surface area contributed by atoms with Crippen LogP contribution in [0.25, 0.3) is 0 Å². The Labute approximate surface area is 137 Å². The second-order valence-corrected chi connectivity index (χ2v) is 6.40. The van der Waals surface area contributed by atoms with Gasteiger partial charge in [-0.25, -0.2) is 0 Å². The summed E-state index contributed by atoms with van der Waals surface area (Å²) in [6.07, 6.45) is 1.50. The molecule has 0 aliphatic carbocycles. The van der Waals surface area contributed by atoms with Crippen LogP contribution in [0, 0.1) is 5.92 Å². The van der Waals surface area contributed by atoms with Gasteiger partial charge in [-0.2, -0.15) is 0 Å². The fourth-order valence-corrected chi connectivity index (χ4v) is 3.04. The van der Waals surface area contributed by atoms with Crippen molar-refractivity contribution in [2.45, 2.75) is 12.8 Å². The molecule has 0 radical (unpaired) electrons. The van der Waals surface area contributed by atoms with Crippen LogP contribution in [0.4, 0.5) is 0 Å². The molecule has 20 heavy (non-hydrogen) atoms. The molecule has 0 amide bonds. The zero-order valence-electron chi connectivity index (χ0n) is 10.8. The quantitative estimate of drug-likeness (QED) is 0.768. The van der Waals surface area contributed by atoms with Crippen molar-refractivity contribution in [3.63, 3.8) is 0 Å². The van der Waals surface area contributed by atoms with E-state index in [-0.39, 0.29) is 12.5 Å². The number of halogens is 3. The Morgan fingerprint density at radius 2 is 1.60 bits per heavy atom. The normalized spacial score (nSPS) is 12.4. The second kappa shape index (κ2) is 7.46. The molecule has 0 saturated heterocycles. The maximum absolute atomic E-state index is 9.61. The molecular formula is C16H15BrCl2O. The smallest absolute Gasteiger partial charge is 0.0624 e. The average molecular weight is 374 g/mol. The molecule has 0 saturated carbocycles. The van der Waals surface area contributed by atoms with E-state index in [1.165, 1.54) is 5.56 Å². The Bertz CT molecular complexity index is 586. The molecule has 0 bridgehead atoms. The maximum Gasteiger partial charge on any atom is 0.0624 e.